The molecular weight excluding hydrogens is 186 g/mol. The van der Waals surface area contributed by atoms with Crippen LogP contribution in [0, 0.1) is 0 Å². The molecule has 0 unspecified atom stereocenters. The first-order valence-corrected chi connectivity index (χ1v) is 5.47. The van der Waals surface area contributed by atoms with E-state index < -0.39 is 0 Å². The van der Waals surface area contributed by atoms with Gasteiger partial charge in [0.2, 0.25) is 0 Å². The molecule has 15 heavy (non-hydrogen) atoms. The van der Waals surface area contributed by atoms with Crippen LogP contribution in [0.3, 0.4) is 0 Å². The molecule has 0 fully saturated rings. The van der Waals surface area contributed by atoms with E-state index >= 15 is 0 Å². The number of aromatic nitrogens is 1. The van der Waals surface area contributed by atoms with Crippen LogP contribution in [0.4, 0.5) is 0 Å². The standard InChI is InChI=1S/C13H17NO/c1-4-10-8-14-13-6-5-11(7-12(10)13)15-9(2)3/h5-9,14H,4H2,1-3H3. The molecular formula is C13H17NO. The predicted molar refractivity (Wildman–Crippen MR) is 63.4 cm³/mol. The molecule has 0 radical (unpaired) electrons. The van der Waals surface area contributed by atoms with Gasteiger partial charge in [0.15, 0.2) is 0 Å². The van der Waals surface area contributed by atoms with Gasteiger partial charge in [0.25, 0.3) is 0 Å². The first-order valence-electron chi connectivity index (χ1n) is 5.47. The van der Waals surface area contributed by atoms with Crippen molar-refractivity contribution in [2.24, 2.45) is 0 Å². The summed E-state index contributed by atoms with van der Waals surface area (Å²) in [5, 5.41) is 1.27. The van der Waals surface area contributed by atoms with Gasteiger partial charge in [0.05, 0.1) is 6.10 Å². The maximum Gasteiger partial charge on any atom is 0.120 e. The highest BCUT2D eigenvalue weighted by Gasteiger charge is 2.04. The Labute approximate surface area is 90.3 Å². The van der Waals surface area contributed by atoms with Crippen molar-refractivity contribution in [1.82, 2.24) is 4.98 Å². The molecule has 1 aromatic heterocycles. The lowest BCUT2D eigenvalue weighted by Crippen LogP contribution is -2.05. The number of H-pyrrole nitrogens is 1. The SMILES string of the molecule is CCc1c[nH]c2ccc(OC(C)C)cc12. The van der Waals surface area contributed by atoms with Crippen molar-refractivity contribution in [3.8, 4) is 5.75 Å². The third-order valence-electron chi connectivity index (χ3n) is 2.49. The van der Waals surface area contributed by atoms with Gasteiger partial charge in [-0.3, -0.25) is 0 Å². The van der Waals surface area contributed by atoms with Crippen LogP contribution in [-0.2, 0) is 6.42 Å². The molecule has 0 spiro atoms. The number of benzene rings is 1. The number of fused-ring (bicyclic) bond motifs is 1. The van der Waals surface area contributed by atoms with Crippen molar-refractivity contribution in [3.63, 3.8) is 0 Å². The normalized spacial score (nSPS) is 11.2. The lowest BCUT2D eigenvalue weighted by Gasteiger charge is -2.09. The molecule has 2 rings (SSSR count). The number of hydrogen-bond donors (Lipinski definition) is 1. The molecule has 0 bridgehead atoms. The molecule has 2 aromatic rings. The Morgan fingerprint density at radius 1 is 1.33 bits per heavy atom. The van der Waals surface area contributed by atoms with Gasteiger partial charge in [-0.2, -0.15) is 0 Å². The van der Waals surface area contributed by atoms with Gasteiger partial charge in [-0.25, -0.2) is 0 Å². The summed E-state index contributed by atoms with van der Waals surface area (Å²) >= 11 is 0. The largest absolute Gasteiger partial charge is 0.491 e. The topological polar surface area (TPSA) is 25.0 Å². The van der Waals surface area contributed by atoms with Crippen LogP contribution in [0.1, 0.15) is 26.3 Å². The molecule has 0 saturated heterocycles. The first kappa shape index (κ1) is 10.1. The zero-order chi connectivity index (χ0) is 10.8. The summed E-state index contributed by atoms with van der Waals surface area (Å²) in [6, 6.07) is 6.20. The van der Waals surface area contributed by atoms with Gasteiger partial charge in [-0.15, -0.1) is 0 Å². The number of ether oxygens (including phenoxy) is 1. The van der Waals surface area contributed by atoms with E-state index in [2.05, 4.69) is 30.2 Å². The fourth-order valence-electron chi connectivity index (χ4n) is 1.80. The quantitative estimate of drug-likeness (QED) is 0.811. The van der Waals surface area contributed by atoms with E-state index in [-0.39, 0.29) is 6.10 Å². The summed E-state index contributed by atoms with van der Waals surface area (Å²) < 4.78 is 5.68. The third kappa shape index (κ3) is 1.99. The molecule has 0 saturated carbocycles. The summed E-state index contributed by atoms with van der Waals surface area (Å²) in [5.41, 5.74) is 2.53. The Morgan fingerprint density at radius 2 is 2.13 bits per heavy atom. The van der Waals surface area contributed by atoms with Crippen molar-refractivity contribution in [2.45, 2.75) is 33.3 Å². The van der Waals surface area contributed by atoms with Crippen molar-refractivity contribution in [1.29, 1.82) is 0 Å². The highest BCUT2D eigenvalue weighted by molar-refractivity contribution is 5.84. The third-order valence-corrected chi connectivity index (χ3v) is 2.49. The molecule has 0 aliphatic heterocycles. The van der Waals surface area contributed by atoms with E-state index in [0.717, 1.165) is 12.2 Å². The maximum absolute atomic E-state index is 5.68. The highest BCUT2D eigenvalue weighted by atomic mass is 16.5. The Bertz CT molecular complexity index is 457. The van der Waals surface area contributed by atoms with E-state index in [1.165, 1.54) is 16.5 Å². The van der Waals surface area contributed by atoms with Gasteiger partial charge in [0, 0.05) is 17.1 Å². The minimum absolute atomic E-state index is 0.228. The molecule has 0 aliphatic carbocycles. The number of aryl methyl sites for hydroxylation is 1. The molecule has 1 N–H and O–H groups in total. The average Bonchev–Trinajstić information content (AvgIpc) is 2.59. The van der Waals surface area contributed by atoms with Gasteiger partial charge in [0.1, 0.15) is 5.75 Å². The molecule has 2 nitrogen and oxygen atoms in total. The zero-order valence-electron chi connectivity index (χ0n) is 9.50. The molecule has 2 heteroatoms. The summed E-state index contributed by atoms with van der Waals surface area (Å²) in [5.74, 6) is 0.951. The predicted octanol–water partition coefficient (Wildman–Crippen LogP) is 3.52. The van der Waals surface area contributed by atoms with Crippen molar-refractivity contribution in [3.05, 3.63) is 30.0 Å². The Morgan fingerprint density at radius 3 is 2.80 bits per heavy atom. The Hall–Kier alpha value is -1.44. The van der Waals surface area contributed by atoms with Crippen molar-refractivity contribution < 1.29 is 4.74 Å². The number of nitrogens with one attached hydrogen (secondary N) is 1. The van der Waals surface area contributed by atoms with E-state index in [0.29, 0.717) is 0 Å². The smallest absolute Gasteiger partial charge is 0.120 e. The fraction of sp³-hybridized carbons (Fsp3) is 0.385. The summed E-state index contributed by atoms with van der Waals surface area (Å²) in [4.78, 5) is 3.26. The van der Waals surface area contributed by atoms with Gasteiger partial charge >= 0.3 is 0 Å². The van der Waals surface area contributed by atoms with Gasteiger partial charge in [-0.05, 0) is 44.0 Å². The number of hydrogen-bond acceptors (Lipinski definition) is 1. The zero-order valence-corrected chi connectivity index (χ0v) is 9.50. The lowest BCUT2D eigenvalue weighted by molar-refractivity contribution is 0.243. The second kappa shape index (κ2) is 3.97. The average molecular weight is 203 g/mol. The van der Waals surface area contributed by atoms with Gasteiger partial charge < -0.3 is 9.72 Å². The minimum atomic E-state index is 0.228. The van der Waals surface area contributed by atoms with Crippen LogP contribution in [0.15, 0.2) is 24.4 Å². The lowest BCUT2D eigenvalue weighted by atomic mass is 10.1. The van der Waals surface area contributed by atoms with E-state index in [9.17, 15) is 0 Å². The van der Waals surface area contributed by atoms with Crippen molar-refractivity contribution >= 4 is 10.9 Å². The van der Waals surface area contributed by atoms with Crippen LogP contribution in [-0.4, -0.2) is 11.1 Å². The minimum Gasteiger partial charge on any atom is -0.491 e. The molecule has 0 aliphatic rings. The van der Waals surface area contributed by atoms with Crippen LogP contribution in [0.5, 0.6) is 5.75 Å². The van der Waals surface area contributed by atoms with Crippen LogP contribution < -0.4 is 4.74 Å². The molecule has 0 atom stereocenters. The summed E-state index contributed by atoms with van der Waals surface area (Å²) in [6.45, 7) is 6.25. The Kier molecular flexibility index (Phi) is 2.67. The van der Waals surface area contributed by atoms with E-state index in [4.69, 9.17) is 4.74 Å². The molecule has 80 valence electrons. The Balaban J connectivity index is 2.43. The van der Waals surface area contributed by atoms with Crippen LogP contribution in [0.2, 0.25) is 0 Å². The van der Waals surface area contributed by atoms with Crippen LogP contribution in [0.25, 0.3) is 10.9 Å². The molecule has 1 heterocycles. The van der Waals surface area contributed by atoms with Crippen molar-refractivity contribution in [2.75, 3.05) is 0 Å². The number of aromatic amines is 1. The van der Waals surface area contributed by atoms with Crippen LogP contribution >= 0.6 is 0 Å². The first-order chi connectivity index (χ1) is 7.20. The summed E-state index contributed by atoms with van der Waals surface area (Å²) in [6.07, 6.45) is 3.35. The highest BCUT2D eigenvalue weighted by Crippen LogP contribution is 2.24. The van der Waals surface area contributed by atoms with Gasteiger partial charge in [-0.1, -0.05) is 6.92 Å². The van der Waals surface area contributed by atoms with E-state index in [1.807, 2.05) is 19.9 Å². The van der Waals surface area contributed by atoms with E-state index in [1.54, 1.807) is 0 Å². The fourth-order valence-corrected chi connectivity index (χ4v) is 1.80. The number of rotatable bonds is 3. The summed E-state index contributed by atoms with van der Waals surface area (Å²) in [7, 11) is 0. The maximum atomic E-state index is 5.68. The molecule has 1 aromatic carbocycles. The molecule has 0 amide bonds. The second-order valence-corrected chi connectivity index (χ2v) is 4.04. The second-order valence-electron chi connectivity index (χ2n) is 4.04. The monoisotopic (exact) mass is 203 g/mol.